The van der Waals surface area contributed by atoms with E-state index in [2.05, 4.69) is 32.2 Å². The monoisotopic (exact) mass is 526 g/mol. The average molecular weight is 527 g/mol. The van der Waals surface area contributed by atoms with Crippen LogP contribution in [0, 0.1) is 18.3 Å². The lowest BCUT2D eigenvalue weighted by molar-refractivity contribution is 0.0526. The molecular formula is C32H34N2O3S. The number of anilines is 1. The molecule has 0 bridgehead atoms. The fraction of sp³-hybridized carbons (Fsp3) is 0.344. The van der Waals surface area contributed by atoms with Crippen LogP contribution in [0.3, 0.4) is 0 Å². The second-order valence-electron chi connectivity index (χ2n) is 11.1. The van der Waals surface area contributed by atoms with E-state index < -0.39 is 0 Å². The van der Waals surface area contributed by atoms with Crippen LogP contribution in [0.1, 0.15) is 70.8 Å². The Labute approximate surface area is 228 Å². The largest absolute Gasteiger partial charge is 0.462 e. The van der Waals surface area contributed by atoms with Crippen molar-refractivity contribution in [1.29, 1.82) is 0 Å². The Morgan fingerprint density at radius 2 is 1.89 bits per heavy atom. The number of ether oxygens (including phenoxy) is 1. The predicted molar refractivity (Wildman–Crippen MR) is 155 cm³/mol. The molecule has 1 aliphatic carbocycles. The van der Waals surface area contributed by atoms with E-state index in [1.54, 1.807) is 6.92 Å². The van der Waals surface area contributed by atoms with Crippen molar-refractivity contribution < 1.29 is 14.3 Å². The highest BCUT2D eigenvalue weighted by atomic mass is 32.1. The summed E-state index contributed by atoms with van der Waals surface area (Å²) >= 11 is 1.52. The van der Waals surface area contributed by atoms with E-state index in [1.807, 2.05) is 55.5 Å². The number of thiophene rings is 1. The summed E-state index contributed by atoms with van der Waals surface area (Å²) in [7, 11) is 0. The van der Waals surface area contributed by atoms with Crippen molar-refractivity contribution in [2.75, 3.05) is 11.9 Å². The van der Waals surface area contributed by atoms with E-state index in [4.69, 9.17) is 9.72 Å². The van der Waals surface area contributed by atoms with Gasteiger partial charge in [-0.05, 0) is 68.2 Å². The van der Waals surface area contributed by atoms with E-state index in [0.717, 1.165) is 52.5 Å². The smallest absolute Gasteiger partial charge is 0.341 e. The lowest BCUT2D eigenvalue weighted by Gasteiger charge is -2.33. The Hall–Kier alpha value is -3.51. The summed E-state index contributed by atoms with van der Waals surface area (Å²) in [6, 6.07) is 17.6. The normalized spacial score (nSPS) is 15.2. The number of carbonyl (C=O) groups is 2. The van der Waals surface area contributed by atoms with E-state index >= 15 is 0 Å². The molecule has 0 fully saturated rings. The number of nitrogens with zero attached hydrogens (tertiary/aromatic N) is 1. The minimum absolute atomic E-state index is 0.178. The minimum atomic E-state index is -0.366. The molecule has 0 radical (unpaired) electrons. The molecule has 1 aliphatic rings. The molecule has 0 saturated heterocycles. The molecule has 5 nitrogen and oxygen atoms in total. The highest BCUT2D eigenvalue weighted by Crippen LogP contribution is 2.44. The van der Waals surface area contributed by atoms with Crippen LogP contribution >= 0.6 is 11.3 Å². The number of nitrogens with one attached hydrogen (secondary N) is 1. The molecule has 1 unspecified atom stereocenters. The highest BCUT2D eigenvalue weighted by molar-refractivity contribution is 7.17. The van der Waals surface area contributed by atoms with Crippen LogP contribution in [0.2, 0.25) is 0 Å². The highest BCUT2D eigenvalue weighted by Gasteiger charge is 2.34. The van der Waals surface area contributed by atoms with Gasteiger partial charge in [-0.15, -0.1) is 11.3 Å². The Morgan fingerprint density at radius 3 is 2.63 bits per heavy atom. The standard InChI is InChI=1S/C32H34N2O3S/c1-6-37-31(36)28-23-15-14-21(32(3,4)5)17-27(23)38-30(28)34-29(35)24-18-26(20-11-9-10-19(2)16-20)33-25-13-8-7-12-22(24)25/h7-13,16,18,21H,6,14-15,17H2,1-5H3,(H,34,35). The third-order valence-electron chi connectivity index (χ3n) is 7.47. The Bertz CT molecular complexity index is 1530. The zero-order chi connectivity index (χ0) is 27.0. The van der Waals surface area contributed by atoms with Gasteiger partial charge < -0.3 is 10.1 Å². The Kier molecular flexibility index (Phi) is 7.10. The van der Waals surface area contributed by atoms with Gasteiger partial charge in [-0.1, -0.05) is 62.7 Å². The number of fused-ring (bicyclic) bond motifs is 2. The summed E-state index contributed by atoms with van der Waals surface area (Å²) in [5, 5.41) is 4.46. The van der Waals surface area contributed by atoms with Crippen molar-refractivity contribution in [3.8, 4) is 11.3 Å². The van der Waals surface area contributed by atoms with Crippen LogP contribution in [0.15, 0.2) is 54.6 Å². The number of aromatic nitrogens is 1. The maximum absolute atomic E-state index is 13.9. The number of para-hydroxylation sites is 1. The molecule has 0 spiro atoms. The summed E-state index contributed by atoms with van der Waals surface area (Å²) in [5.74, 6) is -0.100. The van der Waals surface area contributed by atoms with Crippen molar-refractivity contribution in [1.82, 2.24) is 4.98 Å². The fourth-order valence-electron chi connectivity index (χ4n) is 5.32. The molecule has 4 aromatic rings. The number of carbonyl (C=O) groups excluding carboxylic acids is 2. The van der Waals surface area contributed by atoms with Gasteiger partial charge in [0.15, 0.2) is 0 Å². The quantitative estimate of drug-likeness (QED) is 0.269. The van der Waals surface area contributed by atoms with Crippen LogP contribution in [0.25, 0.3) is 22.2 Å². The lowest BCUT2D eigenvalue weighted by Crippen LogP contribution is -2.26. The molecule has 1 N–H and O–H groups in total. The summed E-state index contributed by atoms with van der Waals surface area (Å²) in [5.41, 5.74) is 5.83. The predicted octanol–water partition coefficient (Wildman–Crippen LogP) is 7.85. The van der Waals surface area contributed by atoms with Gasteiger partial charge in [-0.25, -0.2) is 9.78 Å². The SMILES string of the molecule is CCOC(=O)c1c(NC(=O)c2cc(-c3cccc(C)c3)nc3ccccc23)sc2c1CCC(C(C)(C)C)C2. The fourth-order valence-corrected chi connectivity index (χ4v) is 6.63. The molecule has 196 valence electrons. The summed E-state index contributed by atoms with van der Waals surface area (Å²) in [4.78, 5) is 33.0. The zero-order valence-electron chi connectivity index (χ0n) is 22.7. The molecule has 2 heterocycles. The summed E-state index contributed by atoms with van der Waals surface area (Å²) in [6.07, 6.45) is 2.73. The molecule has 2 aromatic carbocycles. The molecule has 0 aliphatic heterocycles. The molecule has 1 amide bonds. The average Bonchev–Trinajstić information content (AvgIpc) is 3.24. The molecular weight excluding hydrogens is 492 g/mol. The van der Waals surface area contributed by atoms with Gasteiger partial charge >= 0.3 is 5.97 Å². The molecule has 2 aromatic heterocycles. The van der Waals surface area contributed by atoms with Gasteiger partial charge in [0.05, 0.1) is 28.9 Å². The van der Waals surface area contributed by atoms with E-state index in [-0.39, 0.29) is 23.9 Å². The van der Waals surface area contributed by atoms with Crippen LogP contribution in [0.4, 0.5) is 5.00 Å². The van der Waals surface area contributed by atoms with Crippen LogP contribution in [0.5, 0.6) is 0 Å². The van der Waals surface area contributed by atoms with E-state index in [1.165, 1.54) is 16.2 Å². The molecule has 1 atom stereocenters. The minimum Gasteiger partial charge on any atom is -0.462 e. The number of pyridine rings is 1. The number of benzene rings is 2. The van der Waals surface area contributed by atoms with Crippen molar-refractivity contribution in [3.63, 3.8) is 0 Å². The van der Waals surface area contributed by atoms with E-state index in [0.29, 0.717) is 22.0 Å². The number of esters is 1. The number of amides is 1. The van der Waals surface area contributed by atoms with Gasteiger partial charge in [0.2, 0.25) is 0 Å². The van der Waals surface area contributed by atoms with Gasteiger partial charge in [0, 0.05) is 15.8 Å². The first-order chi connectivity index (χ1) is 18.2. The Balaban J connectivity index is 1.57. The van der Waals surface area contributed by atoms with Gasteiger partial charge in [0.1, 0.15) is 5.00 Å². The first-order valence-electron chi connectivity index (χ1n) is 13.3. The molecule has 0 saturated carbocycles. The zero-order valence-corrected chi connectivity index (χ0v) is 23.5. The van der Waals surface area contributed by atoms with Gasteiger partial charge in [-0.3, -0.25) is 4.79 Å². The van der Waals surface area contributed by atoms with E-state index in [9.17, 15) is 9.59 Å². The van der Waals surface area contributed by atoms with Gasteiger partial charge in [-0.2, -0.15) is 0 Å². The van der Waals surface area contributed by atoms with Crippen LogP contribution in [-0.4, -0.2) is 23.5 Å². The van der Waals surface area contributed by atoms with Gasteiger partial charge in [0.25, 0.3) is 5.91 Å². The summed E-state index contributed by atoms with van der Waals surface area (Å²) in [6.45, 7) is 10.9. The molecule has 6 heteroatoms. The van der Waals surface area contributed by atoms with Crippen molar-refractivity contribution in [2.45, 2.75) is 53.9 Å². The van der Waals surface area contributed by atoms with Crippen LogP contribution < -0.4 is 5.32 Å². The van der Waals surface area contributed by atoms with Crippen molar-refractivity contribution in [3.05, 3.63) is 81.7 Å². The first kappa shape index (κ1) is 26.1. The molecule has 38 heavy (non-hydrogen) atoms. The third kappa shape index (κ3) is 5.10. The second kappa shape index (κ2) is 10.3. The lowest BCUT2D eigenvalue weighted by atomic mass is 9.72. The number of hydrogen-bond donors (Lipinski definition) is 1. The summed E-state index contributed by atoms with van der Waals surface area (Å²) < 4.78 is 5.44. The number of aryl methyl sites for hydroxylation is 1. The maximum atomic E-state index is 13.9. The van der Waals surface area contributed by atoms with Crippen molar-refractivity contribution >= 4 is 39.1 Å². The first-order valence-corrected chi connectivity index (χ1v) is 14.1. The third-order valence-corrected chi connectivity index (χ3v) is 8.64. The second-order valence-corrected chi connectivity index (χ2v) is 12.2. The Morgan fingerprint density at radius 1 is 1.11 bits per heavy atom. The number of hydrogen-bond acceptors (Lipinski definition) is 5. The number of rotatable bonds is 5. The van der Waals surface area contributed by atoms with Crippen molar-refractivity contribution in [2.24, 2.45) is 11.3 Å². The van der Waals surface area contributed by atoms with Crippen LogP contribution in [-0.2, 0) is 17.6 Å². The topological polar surface area (TPSA) is 68.3 Å². The maximum Gasteiger partial charge on any atom is 0.341 e. The molecule has 5 rings (SSSR count).